The number of hydrogen-bond acceptors (Lipinski definition) is 9. The summed E-state index contributed by atoms with van der Waals surface area (Å²) in [5.74, 6) is -3.26. The molecule has 11 nitrogen and oxygen atoms in total. The molecule has 1 rings (SSSR count). The quantitative estimate of drug-likeness (QED) is 0.173. The van der Waals surface area contributed by atoms with Crippen LogP contribution < -0.4 is 31.9 Å². The van der Waals surface area contributed by atoms with Crippen LogP contribution in [-0.4, -0.2) is 65.8 Å². The van der Waals surface area contributed by atoms with Crippen molar-refractivity contribution in [1.29, 1.82) is 0 Å². The zero-order valence-corrected chi connectivity index (χ0v) is 17.0. The number of carbonyl (C=O) groups excluding carboxylic acids is 5. The molecule has 0 saturated carbocycles. The number of thioether (sulfide) groups is 1. The molecule has 0 aromatic carbocycles. The van der Waals surface area contributed by atoms with Crippen molar-refractivity contribution in [1.82, 2.24) is 16.0 Å². The molecule has 1 saturated heterocycles. The normalized spacial score (nSPS) is 23.4. The Balaban J connectivity index is 2.44. The van der Waals surface area contributed by atoms with Crippen LogP contribution in [0.4, 0.5) is 0 Å². The van der Waals surface area contributed by atoms with Gasteiger partial charge in [-0.2, -0.15) is 0 Å². The fourth-order valence-corrected chi connectivity index (χ4v) is 4.12. The summed E-state index contributed by atoms with van der Waals surface area (Å²) in [4.78, 5) is 56.9. The van der Waals surface area contributed by atoms with Crippen molar-refractivity contribution in [2.45, 2.75) is 56.1 Å². The number of carbonyl (C=O) groups is 5. The van der Waals surface area contributed by atoms with E-state index in [1.165, 1.54) is 11.8 Å². The molecule has 1 heterocycles. The molecule has 2 unspecified atom stereocenters. The average Bonchev–Trinajstić information content (AvgIpc) is 2.68. The minimum absolute atomic E-state index is 0.0467. The minimum Gasteiger partial charge on any atom is -0.548 e. The van der Waals surface area contributed by atoms with Crippen molar-refractivity contribution in [3.63, 3.8) is 0 Å². The monoisotopic (exact) mass is 431 g/mol. The Kier molecular flexibility index (Phi) is 10.6. The third-order valence-corrected chi connectivity index (χ3v) is 6.01. The van der Waals surface area contributed by atoms with Crippen molar-refractivity contribution < 1.29 is 39.9 Å². The summed E-state index contributed by atoms with van der Waals surface area (Å²) in [5, 5.41) is 29.2. The lowest BCUT2D eigenvalue weighted by Crippen LogP contribution is -2.61. The van der Waals surface area contributed by atoms with Crippen LogP contribution in [0, 0.1) is 5.92 Å². The Morgan fingerprint density at radius 3 is 2.45 bits per heavy atom. The molecule has 0 spiro atoms. The molecule has 2 amide bonds. The molecular formula is C17H27N4O7S-. The van der Waals surface area contributed by atoms with Crippen molar-refractivity contribution >= 4 is 41.8 Å². The smallest absolute Gasteiger partial charge is 0.275 e. The summed E-state index contributed by atoms with van der Waals surface area (Å²) in [6.45, 7) is 1.66. The second-order valence-corrected chi connectivity index (χ2v) is 8.03. The van der Waals surface area contributed by atoms with Crippen LogP contribution >= 0.6 is 11.8 Å². The first-order valence-corrected chi connectivity index (χ1v) is 10.4. The van der Waals surface area contributed by atoms with E-state index >= 15 is 0 Å². The molecule has 12 heteroatoms. The Bertz CT molecular complexity index is 619. The van der Waals surface area contributed by atoms with Gasteiger partial charge in [0.05, 0.1) is 29.4 Å². The van der Waals surface area contributed by atoms with Crippen LogP contribution in [0.2, 0.25) is 0 Å². The number of hydrogen-bond donors (Lipinski definition) is 4. The highest BCUT2D eigenvalue weighted by atomic mass is 32.2. The molecule has 0 bridgehead atoms. The van der Waals surface area contributed by atoms with Crippen molar-refractivity contribution in [2.75, 3.05) is 12.3 Å². The number of aliphatic carboxylic acids is 2. The van der Waals surface area contributed by atoms with Gasteiger partial charge in [-0.3, -0.25) is 14.9 Å². The van der Waals surface area contributed by atoms with E-state index in [1.54, 1.807) is 6.92 Å². The Morgan fingerprint density at radius 2 is 1.90 bits per heavy atom. The van der Waals surface area contributed by atoms with Crippen LogP contribution in [-0.2, 0) is 24.0 Å². The fourth-order valence-electron chi connectivity index (χ4n) is 2.84. The number of rotatable bonds is 12. The van der Waals surface area contributed by atoms with Gasteiger partial charge in [0.25, 0.3) is 5.91 Å². The molecule has 0 aromatic heterocycles. The maximum absolute atomic E-state index is 12.1. The van der Waals surface area contributed by atoms with Crippen molar-refractivity contribution in [2.24, 2.45) is 5.92 Å². The number of nitrogens with one attached hydrogen (secondary N) is 3. The van der Waals surface area contributed by atoms with E-state index in [1.807, 2.05) is 0 Å². The zero-order valence-electron chi connectivity index (χ0n) is 16.2. The third kappa shape index (κ3) is 8.38. The van der Waals surface area contributed by atoms with Gasteiger partial charge in [-0.1, -0.05) is 13.3 Å². The van der Waals surface area contributed by atoms with Crippen LogP contribution in [0.1, 0.15) is 32.6 Å². The lowest BCUT2D eigenvalue weighted by atomic mass is 10.0. The first-order valence-electron chi connectivity index (χ1n) is 9.32. The number of amides is 2. The highest BCUT2D eigenvalue weighted by Gasteiger charge is 2.33. The highest BCUT2D eigenvalue weighted by molar-refractivity contribution is 8.00. The molecule has 1 aliphatic heterocycles. The molecular weight excluding hydrogens is 404 g/mol. The van der Waals surface area contributed by atoms with Gasteiger partial charge >= 0.3 is 0 Å². The fraction of sp³-hybridized carbons (Fsp3) is 0.706. The number of unbranched alkanes of at least 4 members (excludes halogenated alkanes) is 1. The summed E-state index contributed by atoms with van der Waals surface area (Å²) in [6.07, 6.45) is 1.38. The molecule has 0 aromatic rings. The van der Waals surface area contributed by atoms with E-state index in [0.717, 1.165) is 0 Å². The summed E-state index contributed by atoms with van der Waals surface area (Å²) < 4.78 is 0. The first kappa shape index (κ1) is 24.9. The van der Waals surface area contributed by atoms with Gasteiger partial charge in [-0.15, -0.1) is 11.8 Å². The van der Waals surface area contributed by atoms with E-state index in [9.17, 15) is 34.2 Å². The summed E-state index contributed by atoms with van der Waals surface area (Å²) in [6, 6.07) is -2.97. The van der Waals surface area contributed by atoms with Crippen molar-refractivity contribution in [3.05, 3.63) is 0 Å². The molecule has 6 N–H and O–H groups in total. The standard InChI is InChI=1S/C17H28N4O7S/c1-9-8-29-15(21-14(9)17(27)28)11(7-22)20-12(23)5-3-2-4-10(16(25)26)19-13(24)6-18/h7,9-11,14-15,21H,2-6,8,18H2,1H3,(H,19,24)(H,20,23)(H,25,26)(H,27,28)/p-1/t9?,10-,11+,14?,15+/m0/s1. The predicted octanol–water partition coefficient (Wildman–Crippen LogP) is -4.88. The topological polar surface area (TPSA) is 195 Å². The minimum atomic E-state index is -1.41. The Labute approximate surface area is 172 Å². The van der Waals surface area contributed by atoms with E-state index in [4.69, 9.17) is 0 Å². The largest absolute Gasteiger partial charge is 0.548 e. The van der Waals surface area contributed by atoms with Gasteiger partial charge in [0.2, 0.25) is 5.91 Å². The summed E-state index contributed by atoms with van der Waals surface area (Å²) in [5.41, 5.74) is 3.36. The highest BCUT2D eigenvalue weighted by Crippen LogP contribution is 2.24. The van der Waals surface area contributed by atoms with E-state index < -0.39 is 47.3 Å². The molecule has 1 fully saturated rings. The molecule has 1 aliphatic rings. The third-order valence-electron chi connectivity index (χ3n) is 4.50. The molecule has 0 radical (unpaired) electrons. The van der Waals surface area contributed by atoms with Gasteiger partial charge in [-0.05, 0) is 24.5 Å². The second kappa shape index (κ2) is 12.4. The van der Waals surface area contributed by atoms with Crippen LogP contribution in [0.5, 0.6) is 0 Å². The molecule has 5 atom stereocenters. The average molecular weight is 431 g/mol. The van der Waals surface area contributed by atoms with Gasteiger partial charge < -0.3 is 41.0 Å². The van der Waals surface area contributed by atoms with Crippen LogP contribution in [0.3, 0.4) is 0 Å². The number of quaternary nitrogens is 1. The van der Waals surface area contributed by atoms with Gasteiger partial charge in [0.1, 0.15) is 12.3 Å². The van der Waals surface area contributed by atoms with E-state index in [-0.39, 0.29) is 25.3 Å². The lowest BCUT2D eigenvalue weighted by Gasteiger charge is -2.38. The van der Waals surface area contributed by atoms with Gasteiger partial charge in [-0.25, -0.2) is 0 Å². The molecule has 29 heavy (non-hydrogen) atoms. The zero-order chi connectivity index (χ0) is 22.0. The number of carboxylic acids is 2. The number of carboxylic acid groups (broad SMARTS) is 2. The van der Waals surface area contributed by atoms with Crippen LogP contribution in [0.25, 0.3) is 0 Å². The predicted molar refractivity (Wildman–Crippen MR) is 98.5 cm³/mol. The molecule has 164 valence electrons. The Hall–Kier alpha value is -2.18. The lowest BCUT2D eigenvalue weighted by molar-refractivity contribution is -0.355. The SMILES string of the molecule is CC1CS[C@H]([C@@H](C=O)NC(=O)CCCC[C@H](NC(=O)C[NH3+])C(=O)[O-])NC1C(=O)[O-]. The van der Waals surface area contributed by atoms with Crippen molar-refractivity contribution in [3.8, 4) is 0 Å². The van der Waals surface area contributed by atoms with Gasteiger partial charge in [0.15, 0.2) is 6.54 Å². The number of aldehydes is 1. The van der Waals surface area contributed by atoms with Gasteiger partial charge in [0, 0.05) is 6.42 Å². The Morgan fingerprint density at radius 1 is 1.21 bits per heavy atom. The van der Waals surface area contributed by atoms with Crippen LogP contribution in [0.15, 0.2) is 0 Å². The van der Waals surface area contributed by atoms with E-state index in [0.29, 0.717) is 24.9 Å². The second-order valence-electron chi connectivity index (χ2n) is 6.86. The van der Waals surface area contributed by atoms with E-state index in [2.05, 4.69) is 21.7 Å². The first-order chi connectivity index (χ1) is 13.7. The maximum Gasteiger partial charge on any atom is 0.275 e. The summed E-state index contributed by atoms with van der Waals surface area (Å²) in [7, 11) is 0. The maximum atomic E-state index is 12.1. The summed E-state index contributed by atoms with van der Waals surface area (Å²) >= 11 is 1.34. The molecule has 0 aliphatic carbocycles.